The van der Waals surface area contributed by atoms with Crippen molar-refractivity contribution in [2.75, 3.05) is 13.7 Å². The minimum absolute atomic E-state index is 0.453. The van der Waals surface area contributed by atoms with E-state index < -0.39 is 6.10 Å². The SMILES string of the molecule is COc1ccc2c(c1C(O)CCN)COC2. The second-order valence-electron chi connectivity index (χ2n) is 3.91. The molecule has 1 aromatic carbocycles. The Morgan fingerprint density at radius 1 is 1.50 bits per heavy atom. The molecule has 0 radical (unpaired) electrons. The maximum absolute atomic E-state index is 10.1. The Labute approximate surface area is 95.0 Å². The van der Waals surface area contributed by atoms with Crippen LogP contribution in [0.2, 0.25) is 0 Å². The van der Waals surface area contributed by atoms with Gasteiger partial charge in [-0.25, -0.2) is 0 Å². The van der Waals surface area contributed by atoms with Crippen LogP contribution in [-0.4, -0.2) is 18.8 Å². The molecule has 1 unspecified atom stereocenters. The van der Waals surface area contributed by atoms with Crippen LogP contribution in [0.25, 0.3) is 0 Å². The molecule has 0 amide bonds. The van der Waals surface area contributed by atoms with Crippen LogP contribution in [0.5, 0.6) is 5.75 Å². The fourth-order valence-electron chi connectivity index (χ4n) is 2.10. The van der Waals surface area contributed by atoms with Crippen molar-refractivity contribution in [2.45, 2.75) is 25.7 Å². The Balaban J connectivity index is 2.43. The largest absolute Gasteiger partial charge is 0.496 e. The first-order valence-corrected chi connectivity index (χ1v) is 5.42. The van der Waals surface area contributed by atoms with Crippen molar-refractivity contribution in [1.82, 2.24) is 0 Å². The third kappa shape index (κ3) is 1.91. The lowest BCUT2D eigenvalue weighted by atomic mass is 9.96. The Morgan fingerprint density at radius 2 is 2.31 bits per heavy atom. The van der Waals surface area contributed by atoms with Crippen LogP contribution in [0.4, 0.5) is 0 Å². The highest BCUT2D eigenvalue weighted by atomic mass is 16.5. The number of methoxy groups -OCH3 is 1. The maximum atomic E-state index is 10.1. The van der Waals surface area contributed by atoms with Gasteiger partial charge >= 0.3 is 0 Å². The summed E-state index contributed by atoms with van der Waals surface area (Å²) in [7, 11) is 1.61. The lowest BCUT2D eigenvalue weighted by Gasteiger charge is -2.17. The van der Waals surface area contributed by atoms with E-state index in [1.165, 1.54) is 0 Å². The lowest BCUT2D eigenvalue weighted by Crippen LogP contribution is -2.10. The van der Waals surface area contributed by atoms with Gasteiger partial charge in [0, 0.05) is 5.56 Å². The first-order valence-electron chi connectivity index (χ1n) is 5.42. The Hall–Kier alpha value is -1.10. The molecule has 0 spiro atoms. The summed E-state index contributed by atoms with van der Waals surface area (Å²) >= 11 is 0. The number of hydrogen-bond acceptors (Lipinski definition) is 4. The van der Waals surface area contributed by atoms with Gasteiger partial charge in [-0.1, -0.05) is 6.07 Å². The van der Waals surface area contributed by atoms with Crippen molar-refractivity contribution in [3.8, 4) is 5.75 Å². The van der Waals surface area contributed by atoms with Crippen LogP contribution in [0, 0.1) is 0 Å². The molecule has 0 saturated carbocycles. The van der Waals surface area contributed by atoms with Gasteiger partial charge in [-0.3, -0.25) is 0 Å². The van der Waals surface area contributed by atoms with Gasteiger partial charge in [-0.15, -0.1) is 0 Å². The molecule has 88 valence electrons. The molecule has 1 aliphatic rings. The molecule has 3 N–H and O–H groups in total. The van der Waals surface area contributed by atoms with Crippen LogP contribution >= 0.6 is 0 Å². The summed E-state index contributed by atoms with van der Waals surface area (Å²) in [5.41, 5.74) is 8.49. The fourth-order valence-corrected chi connectivity index (χ4v) is 2.10. The number of ether oxygens (including phenoxy) is 2. The molecule has 1 heterocycles. The van der Waals surface area contributed by atoms with E-state index in [9.17, 15) is 5.11 Å². The zero-order valence-corrected chi connectivity index (χ0v) is 9.40. The number of rotatable bonds is 4. The molecule has 0 saturated heterocycles. The van der Waals surface area contributed by atoms with E-state index in [1.807, 2.05) is 12.1 Å². The van der Waals surface area contributed by atoms with Crippen molar-refractivity contribution >= 4 is 0 Å². The third-order valence-electron chi connectivity index (χ3n) is 2.91. The van der Waals surface area contributed by atoms with Crippen molar-refractivity contribution < 1.29 is 14.6 Å². The number of benzene rings is 1. The Bertz CT molecular complexity index is 379. The summed E-state index contributed by atoms with van der Waals surface area (Å²) in [4.78, 5) is 0. The summed E-state index contributed by atoms with van der Waals surface area (Å²) < 4.78 is 10.7. The molecule has 1 aromatic rings. The first kappa shape index (κ1) is 11.4. The van der Waals surface area contributed by atoms with Gasteiger partial charge < -0.3 is 20.3 Å². The highest BCUT2D eigenvalue weighted by molar-refractivity contribution is 5.47. The Kier molecular flexibility index (Phi) is 3.43. The number of hydrogen-bond donors (Lipinski definition) is 2. The van der Waals surface area contributed by atoms with Gasteiger partial charge in [0.15, 0.2) is 0 Å². The van der Waals surface area contributed by atoms with E-state index in [1.54, 1.807) is 7.11 Å². The zero-order valence-electron chi connectivity index (χ0n) is 9.40. The quantitative estimate of drug-likeness (QED) is 0.802. The monoisotopic (exact) mass is 223 g/mol. The highest BCUT2D eigenvalue weighted by Gasteiger charge is 2.23. The van der Waals surface area contributed by atoms with Crippen LogP contribution in [0.3, 0.4) is 0 Å². The molecule has 16 heavy (non-hydrogen) atoms. The van der Waals surface area contributed by atoms with Crippen LogP contribution in [0.1, 0.15) is 29.2 Å². The zero-order chi connectivity index (χ0) is 11.5. The van der Waals surface area contributed by atoms with E-state index in [-0.39, 0.29) is 0 Å². The molecule has 4 heteroatoms. The lowest BCUT2D eigenvalue weighted by molar-refractivity contribution is 0.129. The second kappa shape index (κ2) is 4.82. The molecule has 1 atom stereocenters. The number of fused-ring (bicyclic) bond motifs is 1. The minimum Gasteiger partial charge on any atom is -0.496 e. The van der Waals surface area contributed by atoms with Crippen molar-refractivity contribution in [3.63, 3.8) is 0 Å². The van der Waals surface area contributed by atoms with E-state index in [4.69, 9.17) is 15.2 Å². The van der Waals surface area contributed by atoms with Gasteiger partial charge in [0.25, 0.3) is 0 Å². The predicted octanol–water partition coefficient (Wildman–Crippen LogP) is 1.11. The molecule has 0 aromatic heterocycles. The third-order valence-corrected chi connectivity index (χ3v) is 2.91. The van der Waals surface area contributed by atoms with Gasteiger partial charge in [0.2, 0.25) is 0 Å². The van der Waals surface area contributed by atoms with Gasteiger partial charge in [-0.05, 0) is 30.2 Å². The fraction of sp³-hybridized carbons (Fsp3) is 0.500. The summed E-state index contributed by atoms with van der Waals surface area (Å²) in [6.45, 7) is 1.61. The molecule has 0 bridgehead atoms. The molecule has 2 rings (SSSR count). The van der Waals surface area contributed by atoms with E-state index in [2.05, 4.69) is 0 Å². The molecule has 4 nitrogen and oxygen atoms in total. The van der Waals surface area contributed by atoms with Crippen LogP contribution in [-0.2, 0) is 18.0 Å². The number of aliphatic hydroxyl groups is 1. The van der Waals surface area contributed by atoms with Gasteiger partial charge in [0.1, 0.15) is 5.75 Å². The highest BCUT2D eigenvalue weighted by Crippen LogP contribution is 2.36. The van der Waals surface area contributed by atoms with Gasteiger partial charge in [-0.2, -0.15) is 0 Å². The molecule has 0 aliphatic carbocycles. The van der Waals surface area contributed by atoms with E-state index in [0.29, 0.717) is 31.9 Å². The van der Waals surface area contributed by atoms with Gasteiger partial charge in [0.05, 0.1) is 26.4 Å². The first-order chi connectivity index (χ1) is 7.77. The average molecular weight is 223 g/mol. The maximum Gasteiger partial charge on any atom is 0.125 e. The smallest absolute Gasteiger partial charge is 0.125 e. The molecule has 1 aliphatic heterocycles. The Morgan fingerprint density at radius 3 is 3.00 bits per heavy atom. The second-order valence-corrected chi connectivity index (χ2v) is 3.91. The molecular formula is C12H17NO3. The molecule has 0 fully saturated rings. The summed E-state index contributed by atoms with van der Waals surface area (Å²) in [5, 5.41) is 10.1. The standard InChI is InChI=1S/C12H17NO3/c1-15-11-3-2-8-6-16-7-9(8)12(11)10(14)4-5-13/h2-3,10,14H,4-7,13H2,1H3. The number of aliphatic hydroxyl groups excluding tert-OH is 1. The average Bonchev–Trinajstić information content (AvgIpc) is 2.75. The van der Waals surface area contributed by atoms with Crippen molar-refractivity contribution in [1.29, 1.82) is 0 Å². The predicted molar refractivity (Wildman–Crippen MR) is 60.1 cm³/mol. The molecular weight excluding hydrogens is 206 g/mol. The minimum atomic E-state index is -0.573. The topological polar surface area (TPSA) is 64.7 Å². The normalized spacial score (nSPS) is 15.9. The van der Waals surface area contributed by atoms with Crippen LogP contribution in [0.15, 0.2) is 12.1 Å². The van der Waals surface area contributed by atoms with Crippen molar-refractivity contribution in [2.24, 2.45) is 5.73 Å². The van der Waals surface area contributed by atoms with E-state index >= 15 is 0 Å². The summed E-state index contributed by atoms with van der Waals surface area (Å²) in [6.07, 6.45) is -0.0381. The summed E-state index contributed by atoms with van der Waals surface area (Å²) in [6, 6.07) is 3.86. The summed E-state index contributed by atoms with van der Waals surface area (Å²) in [5.74, 6) is 0.713. The van der Waals surface area contributed by atoms with E-state index in [0.717, 1.165) is 16.7 Å². The number of nitrogens with two attached hydrogens (primary N) is 1. The van der Waals surface area contributed by atoms with Crippen LogP contribution < -0.4 is 10.5 Å². The van der Waals surface area contributed by atoms with Crippen molar-refractivity contribution in [3.05, 3.63) is 28.8 Å².